The molecule has 0 aromatic heterocycles. The van der Waals surface area contributed by atoms with E-state index in [1.165, 1.54) is 7.11 Å². The lowest BCUT2D eigenvalue weighted by Gasteiger charge is -2.30. The van der Waals surface area contributed by atoms with Gasteiger partial charge in [0.1, 0.15) is 5.75 Å². The molecular formula is C21H22N2O5. The highest BCUT2D eigenvalue weighted by atomic mass is 16.6. The summed E-state index contributed by atoms with van der Waals surface area (Å²) in [6.45, 7) is -0.409. The molecule has 0 aliphatic carbocycles. The van der Waals surface area contributed by atoms with Gasteiger partial charge < -0.3 is 9.47 Å². The number of rotatable bonds is 7. The zero-order chi connectivity index (χ0) is 20.1. The summed E-state index contributed by atoms with van der Waals surface area (Å²) >= 11 is 0. The summed E-state index contributed by atoms with van der Waals surface area (Å²) < 4.78 is 10.3. The van der Waals surface area contributed by atoms with Gasteiger partial charge in [-0.05, 0) is 36.1 Å². The van der Waals surface area contributed by atoms with Crippen LogP contribution in [-0.4, -0.2) is 42.9 Å². The van der Waals surface area contributed by atoms with Crippen LogP contribution in [0, 0.1) is 10.1 Å². The summed E-state index contributed by atoms with van der Waals surface area (Å²) in [5.74, 6) is -0.596. The second-order valence-electron chi connectivity index (χ2n) is 6.68. The SMILES string of the molecule is COC(=O)[C@]1([C@@H](C[N+](=O)[O-])c2ccccc2)CCC(c2cccc(OC)c2)=N1. The largest absolute Gasteiger partial charge is 0.497 e. The molecule has 7 heteroatoms. The molecule has 0 bridgehead atoms. The van der Waals surface area contributed by atoms with Gasteiger partial charge in [0.15, 0.2) is 5.54 Å². The van der Waals surface area contributed by atoms with Gasteiger partial charge in [0.25, 0.3) is 0 Å². The quantitative estimate of drug-likeness (QED) is 0.416. The summed E-state index contributed by atoms with van der Waals surface area (Å²) in [6, 6.07) is 16.4. The number of hydrogen-bond acceptors (Lipinski definition) is 6. The van der Waals surface area contributed by atoms with E-state index in [0.717, 1.165) is 5.56 Å². The summed E-state index contributed by atoms with van der Waals surface area (Å²) in [4.78, 5) is 28.6. The van der Waals surface area contributed by atoms with Crippen molar-refractivity contribution in [3.8, 4) is 5.75 Å². The summed E-state index contributed by atoms with van der Waals surface area (Å²) in [5, 5.41) is 11.4. The minimum absolute atomic E-state index is 0.347. The van der Waals surface area contributed by atoms with E-state index >= 15 is 0 Å². The number of aliphatic imine (C=N–C) groups is 1. The molecular weight excluding hydrogens is 360 g/mol. The minimum Gasteiger partial charge on any atom is -0.497 e. The third kappa shape index (κ3) is 3.74. The molecule has 146 valence electrons. The van der Waals surface area contributed by atoms with Crippen LogP contribution in [0.25, 0.3) is 0 Å². The number of nitrogens with zero attached hydrogens (tertiary/aromatic N) is 2. The van der Waals surface area contributed by atoms with Gasteiger partial charge in [0.05, 0.1) is 20.1 Å². The van der Waals surface area contributed by atoms with Gasteiger partial charge in [-0.3, -0.25) is 15.1 Å². The Morgan fingerprint density at radius 3 is 2.61 bits per heavy atom. The van der Waals surface area contributed by atoms with Crippen LogP contribution in [0.3, 0.4) is 0 Å². The maximum absolute atomic E-state index is 12.9. The first kappa shape index (κ1) is 19.5. The van der Waals surface area contributed by atoms with Crippen LogP contribution in [0.5, 0.6) is 5.75 Å². The predicted octanol–water partition coefficient (Wildman–Crippen LogP) is 3.25. The average Bonchev–Trinajstić information content (AvgIpc) is 3.18. The van der Waals surface area contributed by atoms with E-state index in [1.54, 1.807) is 31.4 Å². The molecule has 0 radical (unpaired) electrons. The molecule has 7 nitrogen and oxygen atoms in total. The number of ether oxygens (including phenoxy) is 2. The van der Waals surface area contributed by atoms with E-state index in [9.17, 15) is 14.9 Å². The Morgan fingerprint density at radius 1 is 1.21 bits per heavy atom. The van der Waals surface area contributed by atoms with Crippen LogP contribution in [0.2, 0.25) is 0 Å². The highest BCUT2D eigenvalue weighted by Crippen LogP contribution is 2.42. The van der Waals surface area contributed by atoms with Gasteiger partial charge in [-0.1, -0.05) is 42.5 Å². The Kier molecular flexibility index (Phi) is 5.73. The summed E-state index contributed by atoms with van der Waals surface area (Å²) in [6.07, 6.45) is 0.864. The lowest BCUT2D eigenvalue weighted by Crippen LogP contribution is -2.44. The first-order valence-electron chi connectivity index (χ1n) is 8.98. The molecule has 2 atom stereocenters. The van der Waals surface area contributed by atoms with E-state index < -0.39 is 28.9 Å². The Bertz CT molecular complexity index is 897. The van der Waals surface area contributed by atoms with Crippen LogP contribution >= 0.6 is 0 Å². The van der Waals surface area contributed by atoms with E-state index in [2.05, 4.69) is 0 Å². The van der Waals surface area contributed by atoms with Gasteiger partial charge in [-0.15, -0.1) is 0 Å². The molecule has 0 N–H and O–H groups in total. The van der Waals surface area contributed by atoms with Crippen molar-refractivity contribution in [1.82, 2.24) is 0 Å². The number of esters is 1. The fourth-order valence-corrected chi connectivity index (χ4v) is 3.76. The Balaban J connectivity index is 2.10. The molecule has 2 aromatic rings. The number of hydrogen-bond donors (Lipinski definition) is 0. The minimum atomic E-state index is -1.33. The first-order chi connectivity index (χ1) is 13.5. The molecule has 1 aliphatic heterocycles. The number of carbonyl (C=O) groups excluding carboxylic acids is 1. The van der Waals surface area contributed by atoms with E-state index in [0.29, 0.717) is 29.9 Å². The molecule has 1 aliphatic rings. The lowest BCUT2D eigenvalue weighted by molar-refractivity contribution is -0.484. The standard InChI is InChI=1S/C21H22N2O5/c1-27-17-10-6-9-16(13-17)19-11-12-21(22-19,20(24)28-2)18(14-23(25)26)15-7-4-3-5-8-15/h3-10,13,18H,11-12,14H2,1-2H3/t18-,21+/m0/s1. The van der Waals surface area contributed by atoms with Crippen molar-refractivity contribution in [3.05, 3.63) is 75.8 Å². The predicted molar refractivity (Wildman–Crippen MR) is 105 cm³/mol. The molecule has 0 unspecified atom stereocenters. The smallest absolute Gasteiger partial charge is 0.334 e. The molecule has 0 fully saturated rings. The van der Waals surface area contributed by atoms with E-state index in [1.807, 2.05) is 30.3 Å². The number of nitro groups is 1. The van der Waals surface area contributed by atoms with Crippen molar-refractivity contribution in [1.29, 1.82) is 0 Å². The highest BCUT2D eigenvalue weighted by molar-refractivity contribution is 6.05. The van der Waals surface area contributed by atoms with E-state index in [4.69, 9.17) is 14.5 Å². The van der Waals surface area contributed by atoms with Crippen molar-refractivity contribution >= 4 is 11.7 Å². The van der Waals surface area contributed by atoms with Crippen molar-refractivity contribution in [2.75, 3.05) is 20.8 Å². The monoisotopic (exact) mass is 382 g/mol. The normalized spacial score (nSPS) is 19.6. The maximum Gasteiger partial charge on any atom is 0.334 e. The molecule has 1 heterocycles. The lowest BCUT2D eigenvalue weighted by atomic mass is 9.77. The zero-order valence-electron chi connectivity index (χ0n) is 15.8. The van der Waals surface area contributed by atoms with Crippen molar-refractivity contribution in [2.24, 2.45) is 4.99 Å². The average molecular weight is 382 g/mol. The van der Waals surface area contributed by atoms with Crippen LogP contribution in [-0.2, 0) is 9.53 Å². The molecule has 0 amide bonds. The number of benzene rings is 2. The Hall–Kier alpha value is -3.22. The second-order valence-corrected chi connectivity index (χ2v) is 6.68. The van der Waals surface area contributed by atoms with Gasteiger partial charge in [0.2, 0.25) is 6.54 Å². The molecule has 2 aromatic carbocycles. The van der Waals surface area contributed by atoms with Gasteiger partial charge in [0, 0.05) is 10.6 Å². The molecule has 28 heavy (non-hydrogen) atoms. The summed E-state index contributed by atoms with van der Waals surface area (Å²) in [7, 11) is 2.87. The van der Waals surface area contributed by atoms with Gasteiger partial charge in [-0.2, -0.15) is 0 Å². The van der Waals surface area contributed by atoms with Gasteiger partial charge >= 0.3 is 5.97 Å². The topological polar surface area (TPSA) is 91.0 Å². The first-order valence-corrected chi connectivity index (χ1v) is 8.98. The van der Waals surface area contributed by atoms with Crippen LogP contribution in [0.15, 0.2) is 59.6 Å². The fraction of sp³-hybridized carbons (Fsp3) is 0.333. The number of carbonyl (C=O) groups is 1. The number of methoxy groups -OCH3 is 2. The summed E-state index contributed by atoms with van der Waals surface area (Å²) in [5.41, 5.74) is 0.911. The fourth-order valence-electron chi connectivity index (χ4n) is 3.76. The van der Waals surface area contributed by atoms with Gasteiger partial charge in [-0.25, -0.2) is 4.79 Å². The van der Waals surface area contributed by atoms with Crippen LogP contribution in [0.4, 0.5) is 0 Å². The van der Waals surface area contributed by atoms with Crippen LogP contribution in [0.1, 0.15) is 29.9 Å². The molecule has 0 spiro atoms. The molecule has 0 saturated carbocycles. The molecule has 0 saturated heterocycles. The van der Waals surface area contributed by atoms with E-state index in [-0.39, 0.29) is 0 Å². The van der Waals surface area contributed by atoms with Crippen molar-refractivity contribution in [3.63, 3.8) is 0 Å². The van der Waals surface area contributed by atoms with Crippen molar-refractivity contribution < 1.29 is 19.2 Å². The maximum atomic E-state index is 12.9. The van der Waals surface area contributed by atoms with Crippen LogP contribution < -0.4 is 4.74 Å². The Morgan fingerprint density at radius 2 is 1.96 bits per heavy atom. The van der Waals surface area contributed by atoms with Crippen molar-refractivity contribution in [2.45, 2.75) is 24.3 Å². The zero-order valence-corrected chi connectivity index (χ0v) is 15.8. The highest BCUT2D eigenvalue weighted by Gasteiger charge is 2.52. The second kappa shape index (κ2) is 8.21. The Labute approximate surface area is 163 Å². The third-order valence-electron chi connectivity index (χ3n) is 5.13. The molecule has 3 rings (SSSR count). The third-order valence-corrected chi connectivity index (χ3v) is 5.13.